The molecule has 0 radical (unpaired) electrons. The highest BCUT2D eigenvalue weighted by Gasteiger charge is 2.21. The van der Waals surface area contributed by atoms with E-state index < -0.39 is 0 Å². The van der Waals surface area contributed by atoms with Crippen molar-refractivity contribution in [3.05, 3.63) is 22.7 Å². The third-order valence-electron chi connectivity index (χ3n) is 3.98. The number of nitrogens with two attached hydrogens (primary N) is 1. The van der Waals surface area contributed by atoms with Crippen LogP contribution in [0.4, 0.5) is 5.69 Å². The molecule has 0 amide bonds. The number of rotatable bonds is 4. The van der Waals surface area contributed by atoms with Gasteiger partial charge in [-0.1, -0.05) is 15.9 Å². The number of halogens is 1. The number of benzene rings is 1. The minimum absolute atomic E-state index is 0.418. The number of anilines is 1. The summed E-state index contributed by atoms with van der Waals surface area (Å²) in [7, 11) is 3.86. The van der Waals surface area contributed by atoms with Gasteiger partial charge in [-0.15, -0.1) is 0 Å². The van der Waals surface area contributed by atoms with E-state index in [0.29, 0.717) is 6.04 Å². The van der Waals surface area contributed by atoms with Crippen molar-refractivity contribution in [2.75, 3.05) is 25.6 Å². The molecule has 0 heterocycles. The van der Waals surface area contributed by atoms with Gasteiger partial charge in [0.25, 0.3) is 0 Å². The van der Waals surface area contributed by atoms with Gasteiger partial charge in [0.05, 0.1) is 12.8 Å². The zero-order chi connectivity index (χ0) is 13.8. The Morgan fingerprint density at radius 3 is 2.63 bits per heavy atom. The maximum Gasteiger partial charge on any atom is 0.142 e. The molecular formula is C15H23BrN2O. The fraction of sp³-hybridized carbons (Fsp3) is 0.600. The maximum absolute atomic E-state index is 5.96. The Hall–Kier alpha value is -0.740. The van der Waals surface area contributed by atoms with Gasteiger partial charge in [0.2, 0.25) is 0 Å². The number of hydrogen-bond acceptors (Lipinski definition) is 3. The largest absolute Gasteiger partial charge is 0.495 e. The highest BCUT2D eigenvalue weighted by atomic mass is 79.9. The monoisotopic (exact) mass is 326 g/mol. The average molecular weight is 327 g/mol. The minimum Gasteiger partial charge on any atom is -0.495 e. The molecule has 0 unspecified atom stereocenters. The Balaban J connectivity index is 2.03. The van der Waals surface area contributed by atoms with Crippen molar-refractivity contribution >= 4 is 21.6 Å². The van der Waals surface area contributed by atoms with E-state index in [0.717, 1.165) is 41.2 Å². The third kappa shape index (κ3) is 3.86. The van der Waals surface area contributed by atoms with Crippen molar-refractivity contribution in [2.24, 2.45) is 11.7 Å². The van der Waals surface area contributed by atoms with Gasteiger partial charge in [0.1, 0.15) is 5.75 Å². The highest BCUT2D eigenvalue weighted by Crippen LogP contribution is 2.32. The summed E-state index contributed by atoms with van der Waals surface area (Å²) in [5.74, 6) is 1.67. The van der Waals surface area contributed by atoms with Crippen LogP contribution in [-0.2, 0) is 0 Å². The van der Waals surface area contributed by atoms with Crippen molar-refractivity contribution in [1.82, 2.24) is 0 Å². The lowest BCUT2D eigenvalue weighted by Crippen LogP contribution is -2.32. The van der Waals surface area contributed by atoms with Crippen molar-refractivity contribution in [2.45, 2.75) is 31.7 Å². The second kappa shape index (κ2) is 6.62. The number of nitrogens with zero attached hydrogens (tertiary/aromatic N) is 1. The lowest BCUT2D eigenvalue weighted by Gasteiger charge is -2.31. The molecule has 2 rings (SSSR count). The second-order valence-corrected chi connectivity index (χ2v) is 6.39. The first-order valence-electron chi connectivity index (χ1n) is 6.90. The van der Waals surface area contributed by atoms with Crippen molar-refractivity contribution in [3.63, 3.8) is 0 Å². The Labute approximate surface area is 124 Å². The van der Waals surface area contributed by atoms with Crippen molar-refractivity contribution in [1.29, 1.82) is 0 Å². The van der Waals surface area contributed by atoms with Crippen LogP contribution in [0.25, 0.3) is 0 Å². The van der Waals surface area contributed by atoms with Crippen LogP contribution >= 0.6 is 15.9 Å². The molecule has 106 valence electrons. The lowest BCUT2D eigenvalue weighted by atomic mass is 9.86. The van der Waals surface area contributed by atoms with Crippen LogP contribution in [0.2, 0.25) is 0 Å². The Kier molecular flexibility index (Phi) is 5.11. The standard InChI is InChI=1S/C15H23BrN2O/c1-18(10-11-3-6-13(17)7-4-11)14-9-12(16)5-8-15(14)19-2/h5,8-9,11,13H,3-4,6-7,10,17H2,1-2H3. The summed E-state index contributed by atoms with van der Waals surface area (Å²) in [6.45, 7) is 1.07. The van der Waals surface area contributed by atoms with Crippen LogP contribution in [0.5, 0.6) is 5.75 Å². The van der Waals surface area contributed by atoms with E-state index in [1.165, 1.54) is 12.8 Å². The summed E-state index contributed by atoms with van der Waals surface area (Å²) < 4.78 is 6.53. The summed E-state index contributed by atoms with van der Waals surface area (Å²) in [5.41, 5.74) is 7.11. The highest BCUT2D eigenvalue weighted by molar-refractivity contribution is 9.10. The Morgan fingerprint density at radius 2 is 2.00 bits per heavy atom. The van der Waals surface area contributed by atoms with E-state index in [1.54, 1.807) is 7.11 Å². The summed E-state index contributed by atoms with van der Waals surface area (Å²) >= 11 is 3.53. The molecule has 1 aromatic carbocycles. The third-order valence-corrected chi connectivity index (χ3v) is 4.47. The summed E-state index contributed by atoms with van der Waals surface area (Å²) in [6.07, 6.45) is 4.80. The van der Waals surface area contributed by atoms with Crippen molar-refractivity contribution in [3.8, 4) is 5.75 Å². The topological polar surface area (TPSA) is 38.5 Å². The van der Waals surface area contributed by atoms with Gasteiger partial charge in [0.15, 0.2) is 0 Å². The second-order valence-electron chi connectivity index (χ2n) is 5.48. The molecule has 4 heteroatoms. The summed E-state index contributed by atoms with van der Waals surface area (Å²) in [5, 5.41) is 0. The van der Waals surface area contributed by atoms with Crippen LogP contribution in [0.3, 0.4) is 0 Å². The van der Waals surface area contributed by atoms with E-state index in [9.17, 15) is 0 Å². The van der Waals surface area contributed by atoms with Crippen molar-refractivity contribution < 1.29 is 4.74 Å². The van der Waals surface area contributed by atoms with Gasteiger partial charge in [-0.2, -0.15) is 0 Å². The minimum atomic E-state index is 0.418. The molecule has 0 aliphatic heterocycles. The van der Waals surface area contributed by atoms with Crippen LogP contribution in [0.15, 0.2) is 22.7 Å². The molecule has 0 spiro atoms. The smallest absolute Gasteiger partial charge is 0.142 e. The molecule has 1 fully saturated rings. The molecule has 0 atom stereocenters. The lowest BCUT2D eigenvalue weighted by molar-refractivity contribution is 0.329. The first kappa shape index (κ1) is 14.7. The molecule has 0 aromatic heterocycles. The predicted octanol–water partition coefficient (Wildman–Crippen LogP) is 3.41. The van der Waals surface area contributed by atoms with E-state index in [2.05, 4.69) is 33.9 Å². The maximum atomic E-state index is 5.96. The SMILES string of the molecule is COc1ccc(Br)cc1N(C)CC1CCC(N)CC1. The summed E-state index contributed by atoms with van der Waals surface area (Å²) in [6, 6.07) is 6.55. The van der Waals surface area contributed by atoms with Gasteiger partial charge >= 0.3 is 0 Å². The molecular weight excluding hydrogens is 304 g/mol. The van der Waals surface area contributed by atoms with Gasteiger partial charge in [-0.3, -0.25) is 0 Å². The van der Waals surface area contributed by atoms with Gasteiger partial charge in [-0.25, -0.2) is 0 Å². The van der Waals surface area contributed by atoms with E-state index in [4.69, 9.17) is 10.5 Å². The van der Waals surface area contributed by atoms with Gasteiger partial charge in [0, 0.05) is 24.1 Å². The normalized spacial score (nSPS) is 23.2. The van der Waals surface area contributed by atoms with E-state index in [1.807, 2.05) is 12.1 Å². The van der Waals surface area contributed by atoms with Gasteiger partial charge < -0.3 is 15.4 Å². The zero-order valence-corrected chi connectivity index (χ0v) is 13.3. The van der Waals surface area contributed by atoms with Gasteiger partial charge in [-0.05, 0) is 49.8 Å². The molecule has 3 nitrogen and oxygen atoms in total. The quantitative estimate of drug-likeness (QED) is 0.921. The van der Waals surface area contributed by atoms with Crippen LogP contribution in [0, 0.1) is 5.92 Å². The molecule has 1 aromatic rings. The number of hydrogen-bond donors (Lipinski definition) is 1. The first-order chi connectivity index (χ1) is 9.10. The summed E-state index contributed by atoms with van der Waals surface area (Å²) in [4.78, 5) is 2.30. The Bertz CT molecular complexity index is 417. The molecule has 2 N–H and O–H groups in total. The van der Waals surface area contributed by atoms with E-state index >= 15 is 0 Å². The molecule has 0 bridgehead atoms. The van der Waals surface area contributed by atoms with Crippen LogP contribution < -0.4 is 15.4 Å². The first-order valence-corrected chi connectivity index (χ1v) is 7.69. The molecule has 0 saturated heterocycles. The predicted molar refractivity (Wildman–Crippen MR) is 83.9 cm³/mol. The molecule has 19 heavy (non-hydrogen) atoms. The fourth-order valence-corrected chi connectivity index (χ4v) is 3.17. The van der Waals surface area contributed by atoms with E-state index in [-0.39, 0.29) is 0 Å². The molecule has 1 saturated carbocycles. The fourth-order valence-electron chi connectivity index (χ4n) is 2.82. The average Bonchev–Trinajstić information content (AvgIpc) is 2.41. The molecule has 1 aliphatic carbocycles. The molecule has 1 aliphatic rings. The number of ether oxygens (including phenoxy) is 1. The Morgan fingerprint density at radius 1 is 1.32 bits per heavy atom. The number of methoxy groups -OCH3 is 1. The zero-order valence-electron chi connectivity index (χ0n) is 11.7. The van der Waals surface area contributed by atoms with Crippen LogP contribution in [-0.4, -0.2) is 26.7 Å². The van der Waals surface area contributed by atoms with Crippen LogP contribution in [0.1, 0.15) is 25.7 Å².